The van der Waals surface area contributed by atoms with E-state index in [1.165, 1.54) is 6.92 Å². The molecule has 0 saturated heterocycles. The smallest absolute Gasteiger partial charge is 0.337 e. The zero-order valence-electron chi connectivity index (χ0n) is 17.5. The van der Waals surface area contributed by atoms with Crippen LogP contribution in [0.2, 0.25) is 0 Å². The summed E-state index contributed by atoms with van der Waals surface area (Å²) in [5.41, 5.74) is 0.904. The van der Waals surface area contributed by atoms with Gasteiger partial charge in [-0.1, -0.05) is 37.3 Å². The van der Waals surface area contributed by atoms with Gasteiger partial charge in [0.2, 0.25) is 0 Å². The molecule has 0 aliphatic carbocycles. The first-order valence-electron chi connectivity index (χ1n) is 9.77. The number of Topliss-reactive ketones (excluding diaryl/α,β-unsaturated/α-hetero) is 1. The number of allylic oxidation sites excluding steroid dienone is 2. The minimum atomic E-state index is -3.92. The van der Waals surface area contributed by atoms with Gasteiger partial charge in [0.05, 0.1) is 33.7 Å². The molecule has 0 radical (unpaired) electrons. The average molecular weight is 468 g/mol. The van der Waals surface area contributed by atoms with Gasteiger partial charge in [-0.2, -0.15) is 0 Å². The monoisotopic (exact) mass is 467 g/mol. The first kappa shape index (κ1) is 23.2. The second-order valence-corrected chi connectivity index (χ2v) is 12.2. The molecule has 31 heavy (non-hydrogen) atoms. The fourth-order valence-corrected chi connectivity index (χ4v) is 8.22. The first-order valence-corrected chi connectivity index (χ1v) is 13.2. The molecule has 2 unspecified atom stereocenters. The standard InChI is InChI=1S/C21H25NO7S2/c1-13-10-30(25,26)12-17-20(31(27,28)11-13)19(16-7-5-4-6-8-16)18(15(3)22-17)21(24)29-9-14(2)23/h4-8,13,19,22H,9-12H2,1-3H3. The molecule has 2 aliphatic heterocycles. The van der Waals surface area contributed by atoms with Crippen LogP contribution in [0.15, 0.2) is 52.2 Å². The van der Waals surface area contributed by atoms with E-state index >= 15 is 0 Å². The van der Waals surface area contributed by atoms with Crippen LogP contribution in [-0.4, -0.2) is 52.5 Å². The number of dihydropyridines is 1. The van der Waals surface area contributed by atoms with Gasteiger partial charge in [-0.15, -0.1) is 0 Å². The minimum Gasteiger partial charge on any atom is -0.454 e. The highest BCUT2D eigenvalue weighted by molar-refractivity contribution is 7.96. The largest absolute Gasteiger partial charge is 0.454 e. The van der Waals surface area contributed by atoms with E-state index in [0.29, 0.717) is 11.3 Å². The topological polar surface area (TPSA) is 124 Å². The Morgan fingerprint density at radius 1 is 1.10 bits per heavy atom. The number of carbonyl (C=O) groups is 2. The Morgan fingerprint density at radius 3 is 2.35 bits per heavy atom. The zero-order chi connectivity index (χ0) is 23.0. The van der Waals surface area contributed by atoms with Crippen molar-refractivity contribution in [2.24, 2.45) is 5.92 Å². The third-order valence-electron chi connectivity index (χ3n) is 5.09. The summed E-state index contributed by atoms with van der Waals surface area (Å²) in [6.45, 7) is 3.97. The van der Waals surface area contributed by atoms with Gasteiger partial charge in [-0.3, -0.25) is 4.79 Å². The molecule has 2 heterocycles. The molecule has 0 saturated carbocycles. The molecule has 1 aromatic rings. The van der Waals surface area contributed by atoms with Gasteiger partial charge in [-0.05, 0) is 25.3 Å². The SMILES string of the molecule is CC(=O)COC(=O)C1=C(C)NC2=C(C1c1ccccc1)S(=O)(=O)CC(C)CS(=O)(=O)C2. The first-order chi connectivity index (χ1) is 14.4. The fourth-order valence-electron chi connectivity index (χ4n) is 4.06. The van der Waals surface area contributed by atoms with Crippen LogP contribution in [0, 0.1) is 5.92 Å². The molecule has 2 aliphatic rings. The van der Waals surface area contributed by atoms with Crippen molar-refractivity contribution in [3.05, 3.63) is 57.8 Å². The van der Waals surface area contributed by atoms with Gasteiger partial charge in [0, 0.05) is 11.4 Å². The summed E-state index contributed by atoms with van der Waals surface area (Å²) in [5, 5.41) is 2.85. The van der Waals surface area contributed by atoms with Crippen LogP contribution >= 0.6 is 0 Å². The van der Waals surface area contributed by atoms with Crippen molar-refractivity contribution in [1.82, 2.24) is 5.32 Å². The molecule has 0 fully saturated rings. The van der Waals surface area contributed by atoms with Gasteiger partial charge in [0.1, 0.15) is 6.61 Å². The fraction of sp³-hybridized carbons (Fsp3) is 0.429. The van der Waals surface area contributed by atoms with Crippen molar-refractivity contribution in [3.63, 3.8) is 0 Å². The Bertz CT molecular complexity index is 1180. The number of carbonyl (C=O) groups excluding carboxylic acids is 2. The number of hydrogen-bond donors (Lipinski definition) is 1. The van der Waals surface area contributed by atoms with E-state index in [1.54, 1.807) is 44.2 Å². The molecule has 168 valence electrons. The van der Waals surface area contributed by atoms with Crippen molar-refractivity contribution < 1.29 is 31.2 Å². The summed E-state index contributed by atoms with van der Waals surface area (Å²) < 4.78 is 57.2. The van der Waals surface area contributed by atoms with Crippen LogP contribution < -0.4 is 5.32 Å². The van der Waals surface area contributed by atoms with Gasteiger partial charge in [0.25, 0.3) is 0 Å². The lowest BCUT2D eigenvalue weighted by molar-refractivity contribution is -0.143. The third kappa shape index (κ3) is 5.07. The molecule has 1 aromatic carbocycles. The van der Waals surface area contributed by atoms with E-state index in [0.717, 1.165) is 0 Å². The van der Waals surface area contributed by atoms with Crippen LogP contribution in [0.25, 0.3) is 0 Å². The Morgan fingerprint density at radius 2 is 1.74 bits per heavy atom. The van der Waals surface area contributed by atoms with E-state index in [9.17, 15) is 26.4 Å². The molecule has 10 heteroatoms. The van der Waals surface area contributed by atoms with Crippen LogP contribution in [-0.2, 0) is 34.0 Å². The number of rotatable bonds is 4. The van der Waals surface area contributed by atoms with E-state index in [2.05, 4.69) is 5.32 Å². The van der Waals surface area contributed by atoms with Crippen molar-refractivity contribution in [2.75, 3.05) is 23.9 Å². The predicted molar refractivity (Wildman–Crippen MR) is 115 cm³/mol. The van der Waals surface area contributed by atoms with Gasteiger partial charge in [0.15, 0.2) is 25.5 Å². The molecule has 3 rings (SSSR count). The Labute approximate surface area is 182 Å². The average Bonchev–Trinajstić information content (AvgIpc) is 2.63. The lowest BCUT2D eigenvalue weighted by Crippen LogP contribution is -2.39. The molecule has 8 nitrogen and oxygen atoms in total. The van der Waals surface area contributed by atoms with Crippen LogP contribution in [0.4, 0.5) is 0 Å². The summed E-state index contributed by atoms with van der Waals surface area (Å²) in [5.74, 6) is -3.88. The van der Waals surface area contributed by atoms with Crippen LogP contribution in [0.3, 0.4) is 0 Å². The Kier molecular flexibility index (Phi) is 6.43. The highest BCUT2D eigenvalue weighted by Gasteiger charge is 2.43. The van der Waals surface area contributed by atoms with Crippen molar-refractivity contribution in [1.29, 1.82) is 0 Å². The highest BCUT2D eigenvalue weighted by Crippen LogP contribution is 2.42. The number of esters is 1. The quantitative estimate of drug-likeness (QED) is 0.661. The minimum absolute atomic E-state index is 0.0420. The summed E-state index contributed by atoms with van der Waals surface area (Å²) in [6, 6.07) is 8.53. The summed E-state index contributed by atoms with van der Waals surface area (Å²) in [4.78, 5) is 24.1. The molecule has 0 amide bonds. The summed E-state index contributed by atoms with van der Waals surface area (Å²) >= 11 is 0. The van der Waals surface area contributed by atoms with Crippen LogP contribution in [0.5, 0.6) is 0 Å². The summed E-state index contributed by atoms with van der Waals surface area (Å²) in [7, 11) is -7.49. The van der Waals surface area contributed by atoms with Gasteiger partial charge < -0.3 is 10.1 Å². The molecule has 1 N–H and O–H groups in total. The lowest BCUT2D eigenvalue weighted by atomic mass is 9.86. The molecular weight excluding hydrogens is 442 g/mol. The third-order valence-corrected chi connectivity index (χ3v) is 9.06. The number of benzene rings is 1. The maximum absolute atomic E-state index is 13.4. The number of hydrogen-bond acceptors (Lipinski definition) is 8. The number of sulfone groups is 2. The maximum atomic E-state index is 13.4. The van der Waals surface area contributed by atoms with E-state index in [4.69, 9.17) is 4.74 Å². The summed E-state index contributed by atoms with van der Waals surface area (Å²) in [6.07, 6.45) is 0. The van der Waals surface area contributed by atoms with Gasteiger partial charge in [-0.25, -0.2) is 21.6 Å². The van der Waals surface area contributed by atoms with E-state index < -0.39 is 49.8 Å². The van der Waals surface area contributed by atoms with Crippen molar-refractivity contribution >= 4 is 31.4 Å². The molecule has 2 atom stereocenters. The lowest BCUT2D eigenvalue weighted by Gasteiger charge is -2.34. The second kappa shape index (κ2) is 8.58. The zero-order valence-corrected chi connectivity index (χ0v) is 19.2. The normalized spacial score (nSPS) is 25.0. The highest BCUT2D eigenvalue weighted by atomic mass is 32.2. The number of nitrogens with one attached hydrogen (secondary N) is 1. The predicted octanol–water partition coefficient (Wildman–Crippen LogP) is 1.47. The van der Waals surface area contributed by atoms with Gasteiger partial charge >= 0.3 is 5.97 Å². The second-order valence-electron chi connectivity index (χ2n) is 8.07. The molecular formula is C21H25NO7S2. The van der Waals surface area contributed by atoms with E-state index in [1.807, 2.05) is 0 Å². The maximum Gasteiger partial charge on any atom is 0.337 e. The van der Waals surface area contributed by atoms with Crippen LogP contribution in [0.1, 0.15) is 32.3 Å². The Balaban J connectivity index is 2.24. The number of ether oxygens (including phenoxy) is 1. The molecule has 0 spiro atoms. The Hall–Kier alpha value is -2.46. The molecule has 0 aromatic heterocycles. The molecule has 0 bridgehead atoms. The number of ketones is 1. The van der Waals surface area contributed by atoms with Crippen molar-refractivity contribution in [3.8, 4) is 0 Å². The van der Waals surface area contributed by atoms with E-state index in [-0.39, 0.29) is 33.5 Å². The van der Waals surface area contributed by atoms with Crippen molar-refractivity contribution in [2.45, 2.75) is 26.7 Å².